The van der Waals surface area contributed by atoms with Crippen LogP contribution in [0.3, 0.4) is 0 Å². The lowest BCUT2D eigenvalue weighted by Gasteiger charge is -2.16. The second-order valence-electron chi connectivity index (χ2n) is 6.52. The van der Waals surface area contributed by atoms with Crippen molar-refractivity contribution >= 4 is 17.2 Å². The molecule has 0 bridgehead atoms. The molecule has 4 heteroatoms. The monoisotopic (exact) mass is 328 g/mol. The molecule has 122 valence electrons. The van der Waals surface area contributed by atoms with E-state index in [0.29, 0.717) is 24.8 Å². The van der Waals surface area contributed by atoms with Crippen molar-refractivity contribution < 1.29 is 4.79 Å². The molecule has 2 aromatic rings. The number of aryl methyl sites for hydroxylation is 2. The summed E-state index contributed by atoms with van der Waals surface area (Å²) in [5, 5.41) is 6.21. The number of carbonyl (C=O) groups excluding carboxylic acids is 1. The average Bonchev–Trinajstić information content (AvgIpc) is 3.29. The maximum atomic E-state index is 12.3. The molecule has 1 atom stereocenters. The molecule has 3 nitrogen and oxygen atoms in total. The van der Waals surface area contributed by atoms with Crippen molar-refractivity contribution in [2.24, 2.45) is 5.92 Å². The largest absolute Gasteiger partial charge is 0.356 e. The molecule has 23 heavy (non-hydrogen) atoms. The van der Waals surface area contributed by atoms with Gasteiger partial charge in [0.2, 0.25) is 5.91 Å². The standard InChI is InChI=1S/C19H24N2OS/c1-13-3-5-15(6-4-13)18(16-7-8-16)11-19(22)20-10-9-17-12-23-14(2)21-17/h3-6,12,16,18H,7-11H2,1-2H3,(H,20,22). The van der Waals surface area contributed by atoms with Crippen LogP contribution in [0.2, 0.25) is 0 Å². The fourth-order valence-electron chi connectivity index (χ4n) is 2.99. The molecule has 1 fully saturated rings. The maximum Gasteiger partial charge on any atom is 0.220 e. The third kappa shape index (κ3) is 4.64. The minimum Gasteiger partial charge on any atom is -0.356 e. The molecule has 1 heterocycles. The van der Waals surface area contributed by atoms with Gasteiger partial charge in [-0.15, -0.1) is 11.3 Å². The molecular weight excluding hydrogens is 304 g/mol. The van der Waals surface area contributed by atoms with Crippen molar-refractivity contribution in [3.63, 3.8) is 0 Å². The van der Waals surface area contributed by atoms with Crippen LogP contribution in [0, 0.1) is 19.8 Å². The molecule has 1 amide bonds. The summed E-state index contributed by atoms with van der Waals surface area (Å²) in [5.74, 6) is 1.22. The number of nitrogens with zero attached hydrogens (tertiary/aromatic N) is 1. The number of amides is 1. The highest BCUT2D eigenvalue weighted by Gasteiger charge is 2.33. The molecule has 0 saturated heterocycles. The van der Waals surface area contributed by atoms with Gasteiger partial charge in [0.1, 0.15) is 0 Å². The summed E-state index contributed by atoms with van der Waals surface area (Å²) < 4.78 is 0. The van der Waals surface area contributed by atoms with Crippen LogP contribution in [0.5, 0.6) is 0 Å². The van der Waals surface area contributed by atoms with Gasteiger partial charge in [0.15, 0.2) is 0 Å². The molecule has 1 unspecified atom stereocenters. The third-order valence-electron chi connectivity index (χ3n) is 4.47. The molecule has 1 aliphatic carbocycles. The molecule has 0 aliphatic heterocycles. The Morgan fingerprint density at radius 1 is 1.30 bits per heavy atom. The van der Waals surface area contributed by atoms with E-state index in [9.17, 15) is 4.79 Å². The fraction of sp³-hybridized carbons (Fsp3) is 0.474. The van der Waals surface area contributed by atoms with Crippen LogP contribution in [0.4, 0.5) is 0 Å². The van der Waals surface area contributed by atoms with Gasteiger partial charge in [0.05, 0.1) is 10.7 Å². The minimum absolute atomic E-state index is 0.162. The highest BCUT2D eigenvalue weighted by molar-refractivity contribution is 7.09. The fourth-order valence-corrected chi connectivity index (χ4v) is 3.64. The number of rotatable bonds is 7. The zero-order chi connectivity index (χ0) is 16.2. The first-order chi connectivity index (χ1) is 11.1. The van der Waals surface area contributed by atoms with Gasteiger partial charge < -0.3 is 5.32 Å². The predicted molar refractivity (Wildman–Crippen MR) is 94.8 cm³/mol. The van der Waals surface area contributed by atoms with Crippen molar-refractivity contribution in [1.29, 1.82) is 0 Å². The van der Waals surface area contributed by atoms with E-state index in [1.807, 2.05) is 6.92 Å². The Morgan fingerprint density at radius 2 is 2.04 bits per heavy atom. The maximum absolute atomic E-state index is 12.3. The van der Waals surface area contributed by atoms with E-state index in [0.717, 1.165) is 17.1 Å². The van der Waals surface area contributed by atoms with Gasteiger partial charge in [-0.3, -0.25) is 4.79 Å². The van der Waals surface area contributed by atoms with E-state index in [2.05, 4.69) is 46.9 Å². The zero-order valence-electron chi connectivity index (χ0n) is 13.8. The summed E-state index contributed by atoms with van der Waals surface area (Å²) in [6.45, 7) is 4.78. The Bertz CT molecular complexity index is 658. The Hall–Kier alpha value is -1.68. The number of carbonyl (C=O) groups is 1. The highest BCUT2D eigenvalue weighted by atomic mass is 32.1. The molecule has 1 saturated carbocycles. The molecule has 1 aromatic carbocycles. The lowest BCUT2D eigenvalue weighted by Crippen LogP contribution is -2.27. The van der Waals surface area contributed by atoms with Crippen LogP contribution in [0.25, 0.3) is 0 Å². The summed E-state index contributed by atoms with van der Waals surface area (Å²) in [7, 11) is 0. The van der Waals surface area contributed by atoms with Gasteiger partial charge in [-0.2, -0.15) is 0 Å². The normalized spacial score (nSPS) is 15.4. The van der Waals surface area contributed by atoms with Crippen LogP contribution in [-0.4, -0.2) is 17.4 Å². The average molecular weight is 328 g/mol. The predicted octanol–water partition coefficient (Wildman–Crippen LogP) is 4.00. The molecule has 0 spiro atoms. The second-order valence-corrected chi connectivity index (χ2v) is 7.58. The molecule has 1 aliphatic rings. The Balaban J connectivity index is 1.51. The Morgan fingerprint density at radius 3 is 2.65 bits per heavy atom. The van der Waals surface area contributed by atoms with E-state index < -0.39 is 0 Å². The summed E-state index contributed by atoms with van der Waals surface area (Å²) in [5.41, 5.74) is 3.65. The summed E-state index contributed by atoms with van der Waals surface area (Å²) in [6, 6.07) is 8.66. The number of nitrogens with one attached hydrogen (secondary N) is 1. The van der Waals surface area contributed by atoms with Gasteiger partial charge in [0.25, 0.3) is 0 Å². The smallest absolute Gasteiger partial charge is 0.220 e. The van der Waals surface area contributed by atoms with Crippen LogP contribution in [0.1, 0.15) is 47.0 Å². The highest BCUT2D eigenvalue weighted by Crippen LogP contribution is 2.44. The van der Waals surface area contributed by atoms with Gasteiger partial charge >= 0.3 is 0 Å². The summed E-state index contributed by atoms with van der Waals surface area (Å²) in [4.78, 5) is 16.7. The van der Waals surface area contributed by atoms with Crippen LogP contribution < -0.4 is 5.32 Å². The SMILES string of the molecule is Cc1ccc(C(CC(=O)NCCc2csc(C)n2)C2CC2)cc1. The lowest BCUT2D eigenvalue weighted by atomic mass is 9.90. The number of thiazole rings is 1. The topological polar surface area (TPSA) is 42.0 Å². The molecule has 1 aromatic heterocycles. The molecule has 3 rings (SSSR count). The number of benzene rings is 1. The van der Waals surface area contributed by atoms with Gasteiger partial charge in [-0.1, -0.05) is 29.8 Å². The first kappa shape index (κ1) is 16.2. The zero-order valence-corrected chi connectivity index (χ0v) is 14.7. The van der Waals surface area contributed by atoms with E-state index in [-0.39, 0.29) is 5.91 Å². The summed E-state index contributed by atoms with van der Waals surface area (Å²) in [6.07, 6.45) is 3.92. The van der Waals surface area contributed by atoms with Crippen molar-refractivity contribution in [1.82, 2.24) is 10.3 Å². The first-order valence-corrected chi connectivity index (χ1v) is 9.24. The lowest BCUT2D eigenvalue weighted by molar-refractivity contribution is -0.121. The van der Waals surface area contributed by atoms with Crippen molar-refractivity contribution in [3.05, 3.63) is 51.5 Å². The summed E-state index contributed by atoms with van der Waals surface area (Å²) >= 11 is 1.66. The van der Waals surface area contributed by atoms with Gasteiger partial charge in [-0.05, 0) is 44.1 Å². The third-order valence-corrected chi connectivity index (χ3v) is 5.29. The quantitative estimate of drug-likeness (QED) is 0.834. The number of hydrogen-bond acceptors (Lipinski definition) is 3. The van der Waals surface area contributed by atoms with Crippen molar-refractivity contribution in [2.75, 3.05) is 6.54 Å². The van der Waals surface area contributed by atoms with Crippen LogP contribution in [0.15, 0.2) is 29.6 Å². The number of aromatic nitrogens is 1. The van der Waals surface area contributed by atoms with Crippen LogP contribution in [-0.2, 0) is 11.2 Å². The van der Waals surface area contributed by atoms with E-state index in [4.69, 9.17) is 0 Å². The second kappa shape index (κ2) is 7.26. The molecular formula is C19H24N2OS. The van der Waals surface area contributed by atoms with Crippen LogP contribution >= 0.6 is 11.3 Å². The Kier molecular flexibility index (Phi) is 5.11. The van der Waals surface area contributed by atoms with Gasteiger partial charge in [0, 0.05) is 24.8 Å². The van der Waals surface area contributed by atoms with Crippen molar-refractivity contribution in [2.45, 2.75) is 45.4 Å². The number of hydrogen-bond donors (Lipinski definition) is 1. The molecule has 0 radical (unpaired) electrons. The first-order valence-electron chi connectivity index (χ1n) is 8.36. The minimum atomic E-state index is 0.162. The van der Waals surface area contributed by atoms with Gasteiger partial charge in [-0.25, -0.2) is 4.98 Å². The van der Waals surface area contributed by atoms with E-state index >= 15 is 0 Å². The van der Waals surface area contributed by atoms with E-state index in [1.54, 1.807) is 11.3 Å². The Labute approximate surface area is 142 Å². The van der Waals surface area contributed by atoms with E-state index in [1.165, 1.54) is 24.0 Å². The van der Waals surface area contributed by atoms with Crippen molar-refractivity contribution in [3.8, 4) is 0 Å². The molecule has 1 N–H and O–H groups in total.